The predicted molar refractivity (Wildman–Crippen MR) is 104 cm³/mol. The summed E-state index contributed by atoms with van der Waals surface area (Å²) in [6, 6.07) is 6.31. The van der Waals surface area contributed by atoms with Crippen molar-refractivity contribution < 1.29 is 27.8 Å². The van der Waals surface area contributed by atoms with Gasteiger partial charge in [-0.1, -0.05) is 26.0 Å². The van der Waals surface area contributed by atoms with Crippen LogP contribution in [0.15, 0.2) is 36.3 Å². The molecule has 0 aromatic heterocycles. The minimum absolute atomic E-state index is 0.148. The maximum Gasteiger partial charge on any atom is 0.330 e. The second-order valence-electron chi connectivity index (χ2n) is 7.49. The Balaban J connectivity index is 1.98. The average molecular weight is 408 g/mol. The minimum atomic E-state index is -4.24. The van der Waals surface area contributed by atoms with Crippen molar-refractivity contribution in [3.8, 4) is 5.75 Å². The predicted octanol–water partition coefficient (Wildman–Crippen LogP) is 3.24. The molecule has 0 spiro atoms. The molecule has 1 heterocycles. The van der Waals surface area contributed by atoms with Crippen molar-refractivity contribution in [3.63, 3.8) is 0 Å². The average Bonchev–Trinajstić information content (AvgIpc) is 2.87. The number of nitrogens with one attached hydrogen (secondary N) is 1. The van der Waals surface area contributed by atoms with Gasteiger partial charge in [-0.2, -0.15) is 8.42 Å². The number of hydrogen-bond donors (Lipinski definition) is 3. The summed E-state index contributed by atoms with van der Waals surface area (Å²) >= 11 is 0. The van der Waals surface area contributed by atoms with E-state index >= 15 is 4.39 Å². The molecule has 0 saturated heterocycles. The Morgan fingerprint density at radius 1 is 1.25 bits per heavy atom. The van der Waals surface area contributed by atoms with Crippen LogP contribution in [0, 0.1) is 11.2 Å². The fourth-order valence-corrected chi connectivity index (χ4v) is 4.19. The first-order valence-corrected chi connectivity index (χ1v) is 10.1. The van der Waals surface area contributed by atoms with Gasteiger partial charge < -0.3 is 15.0 Å². The van der Waals surface area contributed by atoms with Crippen LogP contribution in [0.1, 0.15) is 32.3 Å². The number of aromatic hydroxyl groups is 1. The number of rotatable bonds is 6. The molecule has 9 heteroatoms. The first-order valence-electron chi connectivity index (χ1n) is 8.67. The molecule has 1 aliphatic rings. The van der Waals surface area contributed by atoms with Gasteiger partial charge in [0.05, 0.1) is 6.20 Å². The van der Waals surface area contributed by atoms with E-state index in [1.54, 1.807) is 18.2 Å². The molecule has 150 valence electrons. The smallest absolute Gasteiger partial charge is 0.330 e. The Morgan fingerprint density at radius 2 is 1.96 bits per heavy atom. The number of aryl methyl sites for hydroxylation is 1. The normalized spacial score (nSPS) is 16.1. The van der Waals surface area contributed by atoms with Gasteiger partial charge >= 0.3 is 10.2 Å². The molecule has 0 fully saturated rings. The van der Waals surface area contributed by atoms with Crippen molar-refractivity contribution in [2.24, 2.45) is 5.41 Å². The molecule has 0 unspecified atom stereocenters. The Kier molecular flexibility index (Phi) is 4.97. The lowest BCUT2D eigenvalue weighted by atomic mass is 9.88. The molecule has 0 radical (unpaired) electrons. The summed E-state index contributed by atoms with van der Waals surface area (Å²) < 4.78 is 41.5. The van der Waals surface area contributed by atoms with Crippen LogP contribution >= 0.6 is 0 Å². The molecular weight excluding hydrogens is 387 g/mol. The van der Waals surface area contributed by atoms with Gasteiger partial charge in [0.1, 0.15) is 17.7 Å². The van der Waals surface area contributed by atoms with Crippen LogP contribution < -0.4 is 9.03 Å². The molecule has 0 atom stereocenters. The van der Waals surface area contributed by atoms with Gasteiger partial charge in [-0.25, -0.2) is 13.4 Å². The number of aldehydes is 1. The second-order valence-corrected chi connectivity index (χ2v) is 9.04. The van der Waals surface area contributed by atoms with Crippen molar-refractivity contribution in [3.05, 3.63) is 47.7 Å². The van der Waals surface area contributed by atoms with Crippen molar-refractivity contribution >= 4 is 33.0 Å². The van der Waals surface area contributed by atoms with Crippen molar-refractivity contribution in [2.75, 3.05) is 4.31 Å². The Hall–Kier alpha value is -2.81. The molecule has 7 nitrogen and oxygen atoms in total. The van der Waals surface area contributed by atoms with Crippen molar-refractivity contribution in [1.82, 2.24) is 4.72 Å². The number of phenols is 1. The molecule has 0 bridgehead atoms. The third kappa shape index (κ3) is 3.75. The van der Waals surface area contributed by atoms with Gasteiger partial charge in [0, 0.05) is 10.8 Å². The number of aliphatic hydroxyl groups is 1. The molecule has 0 amide bonds. The standard InChI is InChI=1S/C19H21FN2O5S/c1-19(2,11-23)7-3-4-12-5-6-13-9-15(24)18(17(20)14(13)8-12)22-10-16(25)21-28(22,26)27/h5-6,8-11,21,24-25H,3-4,7H2,1-2H3. The van der Waals surface area contributed by atoms with Crippen LogP contribution in [0.4, 0.5) is 10.1 Å². The summed E-state index contributed by atoms with van der Waals surface area (Å²) in [4.78, 5) is 11.0. The van der Waals surface area contributed by atoms with E-state index in [0.717, 1.165) is 24.5 Å². The monoisotopic (exact) mass is 408 g/mol. The van der Waals surface area contributed by atoms with E-state index in [0.29, 0.717) is 22.5 Å². The maximum atomic E-state index is 15.1. The van der Waals surface area contributed by atoms with E-state index in [2.05, 4.69) is 0 Å². The maximum absolute atomic E-state index is 15.1. The van der Waals surface area contributed by atoms with E-state index in [-0.39, 0.29) is 5.39 Å². The molecule has 0 aliphatic carbocycles. The summed E-state index contributed by atoms with van der Waals surface area (Å²) in [7, 11) is -4.24. The zero-order chi connectivity index (χ0) is 20.7. The highest BCUT2D eigenvalue weighted by atomic mass is 32.2. The number of nitrogens with zero attached hydrogens (tertiary/aromatic N) is 1. The largest absolute Gasteiger partial charge is 0.506 e. The van der Waals surface area contributed by atoms with Gasteiger partial charge in [-0.05, 0) is 42.3 Å². The third-order valence-electron chi connectivity index (χ3n) is 4.65. The molecule has 0 saturated carbocycles. The lowest BCUT2D eigenvalue weighted by molar-refractivity contribution is -0.115. The van der Waals surface area contributed by atoms with Crippen LogP contribution in [0.2, 0.25) is 0 Å². The van der Waals surface area contributed by atoms with Gasteiger partial charge in [0.15, 0.2) is 5.82 Å². The minimum Gasteiger partial charge on any atom is -0.506 e. The van der Waals surface area contributed by atoms with Gasteiger partial charge in [-0.3, -0.25) is 0 Å². The summed E-state index contributed by atoms with van der Waals surface area (Å²) in [6.45, 7) is 3.70. The molecule has 2 aromatic rings. The molecule has 28 heavy (non-hydrogen) atoms. The Bertz CT molecular complexity index is 1080. The quantitative estimate of drug-likeness (QED) is 0.636. The molecular formula is C19H21FN2O5S. The fraction of sp³-hybridized carbons (Fsp3) is 0.316. The highest BCUT2D eigenvalue weighted by Gasteiger charge is 2.33. The van der Waals surface area contributed by atoms with Crippen LogP contribution in [-0.4, -0.2) is 24.9 Å². The van der Waals surface area contributed by atoms with E-state index in [4.69, 9.17) is 0 Å². The molecule has 3 rings (SSSR count). The second kappa shape index (κ2) is 6.97. The summed E-state index contributed by atoms with van der Waals surface area (Å²) in [5.74, 6) is -2.16. The van der Waals surface area contributed by atoms with E-state index < -0.39 is 38.8 Å². The fourth-order valence-electron chi connectivity index (χ4n) is 3.12. The number of halogens is 1. The topological polar surface area (TPSA) is 107 Å². The Labute approximate surface area is 162 Å². The van der Waals surface area contributed by atoms with E-state index in [1.165, 1.54) is 6.07 Å². The number of aliphatic hydroxyl groups excluding tert-OH is 1. The van der Waals surface area contributed by atoms with Crippen molar-refractivity contribution in [2.45, 2.75) is 33.1 Å². The highest BCUT2D eigenvalue weighted by Crippen LogP contribution is 2.39. The lowest BCUT2D eigenvalue weighted by Gasteiger charge is -2.18. The zero-order valence-electron chi connectivity index (χ0n) is 15.4. The number of fused-ring (bicyclic) bond motifs is 1. The van der Waals surface area contributed by atoms with Crippen molar-refractivity contribution in [1.29, 1.82) is 0 Å². The number of carbonyl (C=O) groups excluding carboxylic acids is 1. The number of hydrogen-bond acceptors (Lipinski definition) is 5. The van der Waals surface area contributed by atoms with Crippen LogP contribution in [0.25, 0.3) is 10.8 Å². The summed E-state index contributed by atoms with van der Waals surface area (Å²) in [5.41, 5.74) is -0.166. The first-order chi connectivity index (χ1) is 13.0. The molecule has 3 N–H and O–H groups in total. The number of anilines is 1. The highest BCUT2D eigenvalue weighted by molar-refractivity contribution is 7.91. The van der Waals surface area contributed by atoms with Crippen LogP contribution in [-0.2, 0) is 21.4 Å². The van der Waals surface area contributed by atoms with Crippen LogP contribution in [0.3, 0.4) is 0 Å². The molecule has 1 aliphatic heterocycles. The SMILES string of the molecule is CC(C)(C=O)CCCc1ccc2cc(O)c(N3C=C(O)NS3(=O)=O)c(F)c2c1. The molecule has 2 aromatic carbocycles. The van der Waals surface area contributed by atoms with Crippen LogP contribution in [0.5, 0.6) is 5.75 Å². The number of phenolic OH excluding ortho intramolecular Hbond substituents is 1. The number of benzene rings is 2. The lowest BCUT2D eigenvalue weighted by Crippen LogP contribution is -2.30. The summed E-state index contributed by atoms with van der Waals surface area (Å²) in [6.07, 6.45) is 3.72. The number of carbonyl (C=O) groups is 1. The van der Waals surface area contributed by atoms with Gasteiger partial charge in [0.25, 0.3) is 0 Å². The summed E-state index contributed by atoms with van der Waals surface area (Å²) in [5, 5.41) is 20.2. The zero-order valence-corrected chi connectivity index (χ0v) is 16.3. The van der Waals surface area contributed by atoms with Gasteiger partial charge in [-0.15, -0.1) is 0 Å². The van der Waals surface area contributed by atoms with Gasteiger partial charge in [0.2, 0.25) is 5.88 Å². The Morgan fingerprint density at radius 3 is 2.57 bits per heavy atom. The third-order valence-corrected chi connectivity index (χ3v) is 5.93. The van der Waals surface area contributed by atoms with E-state index in [1.807, 2.05) is 18.6 Å². The first kappa shape index (κ1) is 19.9. The van der Waals surface area contributed by atoms with E-state index in [9.17, 15) is 23.4 Å².